The van der Waals surface area contributed by atoms with E-state index in [1.807, 2.05) is 0 Å². The number of hydrogen-bond donors (Lipinski definition) is 1. The van der Waals surface area contributed by atoms with Crippen molar-refractivity contribution in [2.45, 2.75) is 26.2 Å². The van der Waals surface area contributed by atoms with Crippen molar-refractivity contribution in [2.24, 2.45) is 0 Å². The zero-order valence-corrected chi connectivity index (χ0v) is 11.8. The largest absolute Gasteiger partial charge is 0.377 e. The summed E-state index contributed by atoms with van der Waals surface area (Å²) in [4.78, 5) is 34.0. The highest BCUT2D eigenvalue weighted by molar-refractivity contribution is 5.95. The van der Waals surface area contributed by atoms with Crippen molar-refractivity contribution in [2.75, 3.05) is 19.0 Å². The zero-order valence-electron chi connectivity index (χ0n) is 11.8. The van der Waals surface area contributed by atoms with Gasteiger partial charge in [0.1, 0.15) is 6.61 Å². The summed E-state index contributed by atoms with van der Waals surface area (Å²) in [5, 5.41) is 2.72. The normalized spacial score (nSPS) is 10.1. The topological polar surface area (TPSA) is 72.5 Å². The average Bonchev–Trinajstić information content (AvgIpc) is 2.39. The van der Waals surface area contributed by atoms with Crippen LogP contribution in [0.5, 0.6) is 0 Å². The van der Waals surface area contributed by atoms with Crippen molar-refractivity contribution in [3.8, 4) is 0 Å². The summed E-state index contributed by atoms with van der Waals surface area (Å²) < 4.78 is 4.71. The Labute approximate surface area is 118 Å². The molecule has 5 heteroatoms. The summed E-state index contributed by atoms with van der Waals surface area (Å²) in [6.45, 7) is 1.58. The SMILES string of the molecule is COCC(=O)CCCC(=O)Nc1ccc(C(C)=O)cc1. The molecule has 0 unspecified atom stereocenters. The van der Waals surface area contributed by atoms with Gasteiger partial charge in [0.2, 0.25) is 5.91 Å². The molecule has 0 bridgehead atoms. The van der Waals surface area contributed by atoms with Gasteiger partial charge < -0.3 is 10.1 Å². The van der Waals surface area contributed by atoms with Crippen LogP contribution in [0.3, 0.4) is 0 Å². The number of nitrogens with one attached hydrogen (secondary N) is 1. The first-order chi connectivity index (χ1) is 9.52. The number of amides is 1. The van der Waals surface area contributed by atoms with E-state index in [1.165, 1.54) is 14.0 Å². The van der Waals surface area contributed by atoms with E-state index in [2.05, 4.69) is 5.32 Å². The van der Waals surface area contributed by atoms with Crippen molar-refractivity contribution in [1.82, 2.24) is 0 Å². The summed E-state index contributed by atoms with van der Waals surface area (Å²) >= 11 is 0. The smallest absolute Gasteiger partial charge is 0.224 e. The van der Waals surface area contributed by atoms with Gasteiger partial charge in [-0.1, -0.05) is 0 Å². The minimum Gasteiger partial charge on any atom is -0.377 e. The molecule has 0 heterocycles. The highest BCUT2D eigenvalue weighted by Crippen LogP contribution is 2.11. The number of methoxy groups -OCH3 is 1. The van der Waals surface area contributed by atoms with Crippen LogP contribution in [0.15, 0.2) is 24.3 Å². The van der Waals surface area contributed by atoms with Gasteiger partial charge in [-0.05, 0) is 37.6 Å². The van der Waals surface area contributed by atoms with Crippen LogP contribution in [0.4, 0.5) is 5.69 Å². The molecule has 1 aromatic carbocycles. The number of Topliss-reactive ketones (excluding diaryl/α,β-unsaturated/α-hetero) is 2. The number of carbonyl (C=O) groups excluding carboxylic acids is 3. The quantitative estimate of drug-likeness (QED) is 0.739. The zero-order chi connectivity index (χ0) is 15.0. The van der Waals surface area contributed by atoms with Crippen molar-refractivity contribution in [1.29, 1.82) is 0 Å². The monoisotopic (exact) mass is 277 g/mol. The standard InChI is InChI=1S/C15H19NO4/c1-11(17)12-6-8-13(9-7-12)16-15(19)5-3-4-14(18)10-20-2/h6-9H,3-5,10H2,1-2H3,(H,16,19). The van der Waals surface area contributed by atoms with Gasteiger partial charge in [-0.2, -0.15) is 0 Å². The number of anilines is 1. The van der Waals surface area contributed by atoms with E-state index in [4.69, 9.17) is 4.74 Å². The van der Waals surface area contributed by atoms with Gasteiger partial charge in [0.15, 0.2) is 11.6 Å². The maximum Gasteiger partial charge on any atom is 0.224 e. The number of hydrogen-bond acceptors (Lipinski definition) is 4. The fourth-order valence-corrected chi connectivity index (χ4v) is 1.69. The van der Waals surface area contributed by atoms with Crippen molar-refractivity contribution >= 4 is 23.2 Å². The second kappa shape index (κ2) is 8.22. The Balaban J connectivity index is 2.35. The van der Waals surface area contributed by atoms with Crippen LogP contribution in [0, 0.1) is 0 Å². The summed E-state index contributed by atoms with van der Waals surface area (Å²) in [7, 11) is 1.47. The summed E-state index contributed by atoms with van der Waals surface area (Å²) in [6, 6.07) is 6.70. The second-order valence-corrected chi connectivity index (χ2v) is 4.51. The molecule has 1 rings (SSSR count). The van der Waals surface area contributed by atoms with Crippen LogP contribution in [0.2, 0.25) is 0 Å². The van der Waals surface area contributed by atoms with Crippen LogP contribution in [-0.4, -0.2) is 31.2 Å². The van der Waals surface area contributed by atoms with E-state index in [1.54, 1.807) is 24.3 Å². The fourth-order valence-electron chi connectivity index (χ4n) is 1.69. The number of rotatable bonds is 8. The number of ether oxygens (including phenoxy) is 1. The highest BCUT2D eigenvalue weighted by atomic mass is 16.5. The van der Waals surface area contributed by atoms with Gasteiger partial charge >= 0.3 is 0 Å². The van der Waals surface area contributed by atoms with Gasteiger partial charge in [-0.25, -0.2) is 0 Å². The molecule has 0 radical (unpaired) electrons. The van der Waals surface area contributed by atoms with E-state index >= 15 is 0 Å². The van der Waals surface area contributed by atoms with Gasteiger partial charge in [0.25, 0.3) is 0 Å². The van der Waals surface area contributed by atoms with Crippen molar-refractivity contribution < 1.29 is 19.1 Å². The molecule has 1 aromatic rings. The molecule has 5 nitrogen and oxygen atoms in total. The average molecular weight is 277 g/mol. The van der Waals surface area contributed by atoms with Gasteiger partial charge in [-0.3, -0.25) is 14.4 Å². The molecular weight excluding hydrogens is 258 g/mol. The highest BCUT2D eigenvalue weighted by Gasteiger charge is 2.06. The molecule has 20 heavy (non-hydrogen) atoms. The third-order valence-corrected chi connectivity index (χ3v) is 2.74. The molecule has 0 aromatic heterocycles. The summed E-state index contributed by atoms with van der Waals surface area (Å²) in [5.74, 6) is -0.170. The lowest BCUT2D eigenvalue weighted by molar-refractivity contribution is -0.122. The summed E-state index contributed by atoms with van der Waals surface area (Å²) in [6.07, 6.45) is 1.12. The maximum atomic E-state index is 11.7. The molecule has 108 valence electrons. The number of benzene rings is 1. The number of ketones is 2. The first-order valence-electron chi connectivity index (χ1n) is 6.44. The predicted molar refractivity (Wildman–Crippen MR) is 75.8 cm³/mol. The lowest BCUT2D eigenvalue weighted by Gasteiger charge is -2.05. The van der Waals surface area contributed by atoms with E-state index in [0.717, 1.165) is 0 Å². The molecule has 0 saturated heterocycles. The first kappa shape index (κ1) is 16.0. The molecule has 0 aliphatic carbocycles. The Morgan fingerprint density at radius 3 is 2.30 bits per heavy atom. The molecule has 1 N–H and O–H groups in total. The van der Waals surface area contributed by atoms with Crippen LogP contribution in [-0.2, 0) is 14.3 Å². The van der Waals surface area contributed by atoms with E-state index < -0.39 is 0 Å². The van der Waals surface area contributed by atoms with Crippen molar-refractivity contribution in [3.63, 3.8) is 0 Å². The first-order valence-corrected chi connectivity index (χ1v) is 6.44. The third-order valence-electron chi connectivity index (χ3n) is 2.74. The van der Waals surface area contributed by atoms with E-state index in [9.17, 15) is 14.4 Å². The lowest BCUT2D eigenvalue weighted by atomic mass is 10.1. The van der Waals surface area contributed by atoms with E-state index in [0.29, 0.717) is 24.1 Å². The molecular formula is C15H19NO4. The fraction of sp³-hybridized carbons (Fsp3) is 0.400. The Kier molecular flexibility index (Phi) is 6.59. The molecule has 0 aliphatic rings. The maximum absolute atomic E-state index is 11.7. The second-order valence-electron chi connectivity index (χ2n) is 4.51. The molecule has 0 aliphatic heterocycles. The molecule has 0 spiro atoms. The van der Waals surface area contributed by atoms with Gasteiger partial charge in [0, 0.05) is 31.2 Å². The lowest BCUT2D eigenvalue weighted by Crippen LogP contribution is -2.13. The Hall–Kier alpha value is -2.01. The molecule has 0 fully saturated rings. The molecule has 0 saturated carbocycles. The Morgan fingerprint density at radius 2 is 1.75 bits per heavy atom. The molecule has 1 amide bonds. The third kappa shape index (κ3) is 5.75. The Bertz CT molecular complexity index is 479. The van der Waals surface area contributed by atoms with Crippen LogP contribution in [0.1, 0.15) is 36.5 Å². The van der Waals surface area contributed by atoms with Crippen molar-refractivity contribution in [3.05, 3.63) is 29.8 Å². The van der Waals surface area contributed by atoms with Crippen LogP contribution >= 0.6 is 0 Å². The molecule has 0 atom stereocenters. The van der Waals surface area contributed by atoms with Crippen LogP contribution < -0.4 is 5.32 Å². The minimum atomic E-state index is -0.147. The number of carbonyl (C=O) groups is 3. The van der Waals surface area contributed by atoms with E-state index in [-0.39, 0.29) is 30.5 Å². The van der Waals surface area contributed by atoms with Gasteiger partial charge in [-0.15, -0.1) is 0 Å². The Morgan fingerprint density at radius 1 is 1.10 bits per heavy atom. The van der Waals surface area contributed by atoms with Crippen LogP contribution in [0.25, 0.3) is 0 Å². The van der Waals surface area contributed by atoms with Gasteiger partial charge in [0.05, 0.1) is 0 Å². The predicted octanol–water partition coefficient (Wildman–Crippen LogP) is 2.21. The minimum absolute atomic E-state index is 0.00823. The summed E-state index contributed by atoms with van der Waals surface area (Å²) in [5.41, 5.74) is 1.25.